The number of methoxy groups -OCH3 is 1. The molecule has 3 heteroatoms. The van der Waals surface area contributed by atoms with Gasteiger partial charge in [-0.15, -0.1) is 0 Å². The van der Waals surface area contributed by atoms with Crippen molar-refractivity contribution in [1.29, 1.82) is 0 Å². The fourth-order valence-electron chi connectivity index (χ4n) is 3.08. The smallest absolute Gasteiger partial charge is 0.0724 e. The molecule has 1 aliphatic carbocycles. The molecule has 94 valence electrons. The molecule has 1 aliphatic heterocycles. The second kappa shape index (κ2) is 6.58. The zero-order chi connectivity index (χ0) is 11.2. The van der Waals surface area contributed by atoms with Crippen molar-refractivity contribution in [1.82, 2.24) is 10.6 Å². The Morgan fingerprint density at radius 3 is 2.75 bits per heavy atom. The van der Waals surface area contributed by atoms with Gasteiger partial charge in [-0.05, 0) is 64.1 Å². The molecule has 2 rings (SSSR count). The first-order chi connectivity index (χ1) is 7.90. The highest BCUT2D eigenvalue weighted by Crippen LogP contribution is 2.22. The number of rotatable bonds is 5. The zero-order valence-electron chi connectivity index (χ0n) is 10.5. The van der Waals surface area contributed by atoms with Gasteiger partial charge in [0.15, 0.2) is 0 Å². The molecular weight excluding hydrogens is 200 g/mol. The molecule has 0 aromatic carbocycles. The van der Waals surface area contributed by atoms with Crippen LogP contribution in [0.1, 0.15) is 38.5 Å². The normalized spacial score (nSPS) is 32.1. The number of hydrogen-bond acceptors (Lipinski definition) is 3. The highest BCUT2D eigenvalue weighted by Gasteiger charge is 2.26. The summed E-state index contributed by atoms with van der Waals surface area (Å²) in [5, 5.41) is 7.11. The Kier molecular flexibility index (Phi) is 5.07. The molecule has 1 heterocycles. The van der Waals surface area contributed by atoms with E-state index in [-0.39, 0.29) is 0 Å². The van der Waals surface area contributed by atoms with E-state index in [1.54, 1.807) is 0 Å². The predicted molar refractivity (Wildman–Crippen MR) is 66.6 cm³/mol. The van der Waals surface area contributed by atoms with Crippen molar-refractivity contribution in [3.63, 3.8) is 0 Å². The summed E-state index contributed by atoms with van der Waals surface area (Å²) in [4.78, 5) is 0. The van der Waals surface area contributed by atoms with E-state index < -0.39 is 0 Å². The number of piperidine rings is 1. The van der Waals surface area contributed by atoms with E-state index in [4.69, 9.17) is 4.74 Å². The van der Waals surface area contributed by atoms with Gasteiger partial charge in [-0.3, -0.25) is 0 Å². The van der Waals surface area contributed by atoms with Crippen LogP contribution in [0.2, 0.25) is 0 Å². The van der Waals surface area contributed by atoms with Crippen molar-refractivity contribution in [2.75, 3.05) is 26.7 Å². The monoisotopic (exact) mass is 226 g/mol. The van der Waals surface area contributed by atoms with Crippen LogP contribution in [-0.4, -0.2) is 38.9 Å². The van der Waals surface area contributed by atoms with Crippen LogP contribution in [0, 0.1) is 5.92 Å². The molecule has 2 unspecified atom stereocenters. The van der Waals surface area contributed by atoms with E-state index in [0.717, 1.165) is 5.92 Å². The summed E-state index contributed by atoms with van der Waals surface area (Å²) in [6, 6.07) is 0.617. The summed E-state index contributed by atoms with van der Waals surface area (Å²) in [6.45, 7) is 3.61. The summed E-state index contributed by atoms with van der Waals surface area (Å²) in [7, 11) is 1.84. The highest BCUT2D eigenvalue weighted by molar-refractivity contribution is 4.84. The molecule has 1 saturated carbocycles. The fourth-order valence-corrected chi connectivity index (χ4v) is 3.08. The minimum Gasteiger partial charge on any atom is -0.380 e. The Hall–Kier alpha value is -0.120. The second-order valence-electron chi connectivity index (χ2n) is 5.25. The van der Waals surface area contributed by atoms with Crippen molar-refractivity contribution in [3.8, 4) is 0 Å². The molecule has 0 aromatic heterocycles. The SMILES string of the molecule is COC1CCCC1NCCC1CCNCC1. The van der Waals surface area contributed by atoms with Crippen LogP contribution in [-0.2, 0) is 4.74 Å². The predicted octanol–water partition coefficient (Wildman–Crippen LogP) is 1.53. The molecule has 2 fully saturated rings. The highest BCUT2D eigenvalue weighted by atomic mass is 16.5. The summed E-state index contributed by atoms with van der Waals surface area (Å²) >= 11 is 0. The van der Waals surface area contributed by atoms with Gasteiger partial charge < -0.3 is 15.4 Å². The second-order valence-corrected chi connectivity index (χ2v) is 5.25. The molecule has 0 radical (unpaired) electrons. The third-order valence-corrected chi connectivity index (χ3v) is 4.17. The maximum atomic E-state index is 5.49. The van der Waals surface area contributed by atoms with Crippen molar-refractivity contribution >= 4 is 0 Å². The molecule has 0 amide bonds. The molecule has 0 spiro atoms. The summed E-state index contributed by atoms with van der Waals surface area (Å²) in [5.41, 5.74) is 0. The van der Waals surface area contributed by atoms with Crippen molar-refractivity contribution in [2.45, 2.75) is 50.7 Å². The van der Waals surface area contributed by atoms with Gasteiger partial charge in [0.1, 0.15) is 0 Å². The van der Waals surface area contributed by atoms with Crippen molar-refractivity contribution < 1.29 is 4.74 Å². The molecule has 0 aromatic rings. The Morgan fingerprint density at radius 1 is 1.19 bits per heavy atom. The van der Waals surface area contributed by atoms with Crippen LogP contribution >= 0.6 is 0 Å². The Labute approximate surface area is 99.3 Å². The lowest BCUT2D eigenvalue weighted by Crippen LogP contribution is -2.38. The van der Waals surface area contributed by atoms with Gasteiger partial charge in [-0.1, -0.05) is 0 Å². The average molecular weight is 226 g/mol. The number of ether oxygens (including phenoxy) is 1. The van der Waals surface area contributed by atoms with Crippen LogP contribution in [0.4, 0.5) is 0 Å². The topological polar surface area (TPSA) is 33.3 Å². The van der Waals surface area contributed by atoms with Gasteiger partial charge in [0.25, 0.3) is 0 Å². The maximum absolute atomic E-state index is 5.49. The molecule has 0 bridgehead atoms. The van der Waals surface area contributed by atoms with Gasteiger partial charge in [-0.25, -0.2) is 0 Å². The largest absolute Gasteiger partial charge is 0.380 e. The summed E-state index contributed by atoms with van der Waals surface area (Å²) < 4.78 is 5.49. The molecule has 2 N–H and O–H groups in total. The first-order valence-electron chi connectivity index (χ1n) is 6.87. The lowest BCUT2D eigenvalue weighted by molar-refractivity contribution is 0.0846. The van der Waals surface area contributed by atoms with Crippen LogP contribution < -0.4 is 10.6 Å². The zero-order valence-corrected chi connectivity index (χ0v) is 10.5. The third-order valence-electron chi connectivity index (χ3n) is 4.17. The van der Waals surface area contributed by atoms with E-state index in [9.17, 15) is 0 Å². The number of nitrogens with one attached hydrogen (secondary N) is 2. The van der Waals surface area contributed by atoms with Gasteiger partial charge in [0.2, 0.25) is 0 Å². The van der Waals surface area contributed by atoms with Crippen LogP contribution in [0.25, 0.3) is 0 Å². The molecule has 2 aliphatic rings. The first kappa shape index (κ1) is 12.3. The minimum atomic E-state index is 0.466. The maximum Gasteiger partial charge on any atom is 0.0724 e. The van der Waals surface area contributed by atoms with E-state index in [1.807, 2.05) is 7.11 Å². The lowest BCUT2D eigenvalue weighted by Gasteiger charge is -2.24. The Bertz CT molecular complexity index is 192. The first-order valence-corrected chi connectivity index (χ1v) is 6.87. The summed E-state index contributed by atoms with van der Waals surface area (Å²) in [5.74, 6) is 0.941. The van der Waals surface area contributed by atoms with Crippen LogP contribution in [0.3, 0.4) is 0 Å². The van der Waals surface area contributed by atoms with E-state index in [0.29, 0.717) is 12.1 Å². The Morgan fingerprint density at radius 2 is 2.00 bits per heavy atom. The van der Waals surface area contributed by atoms with E-state index in [1.165, 1.54) is 58.2 Å². The van der Waals surface area contributed by atoms with Crippen molar-refractivity contribution in [3.05, 3.63) is 0 Å². The van der Waals surface area contributed by atoms with E-state index in [2.05, 4.69) is 10.6 Å². The molecule has 16 heavy (non-hydrogen) atoms. The standard InChI is InChI=1S/C13H26N2O/c1-16-13-4-2-3-12(13)15-10-7-11-5-8-14-9-6-11/h11-15H,2-10H2,1H3. The van der Waals surface area contributed by atoms with Crippen LogP contribution in [0.5, 0.6) is 0 Å². The summed E-state index contributed by atoms with van der Waals surface area (Å²) in [6.07, 6.45) is 8.39. The lowest BCUT2D eigenvalue weighted by atomic mass is 9.94. The van der Waals surface area contributed by atoms with Crippen LogP contribution in [0.15, 0.2) is 0 Å². The Balaban J connectivity index is 1.59. The van der Waals surface area contributed by atoms with Gasteiger partial charge in [-0.2, -0.15) is 0 Å². The molecule has 3 nitrogen and oxygen atoms in total. The average Bonchev–Trinajstić information content (AvgIpc) is 2.78. The number of hydrogen-bond donors (Lipinski definition) is 2. The van der Waals surface area contributed by atoms with Gasteiger partial charge in [0.05, 0.1) is 6.10 Å². The molecular formula is C13H26N2O. The molecule has 1 saturated heterocycles. The quantitative estimate of drug-likeness (QED) is 0.746. The minimum absolute atomic E-state index is 0.466. The third kappa shape index (κ3) is 3.44. The van der Waals surface area contributed by atoms with E-state index >= 15 is 0 Å². The van der Waals surface area contributed by atoms with Crippen molar-refractivity contribution in [2.24, 2.45) is 5.92 Å². The fraction of sp³-hybridized carbons (Fsp3) is 1.00. The van der Waals surface area contributed by atoms with Gasteiger partial charge in [0, 0.05) is 13.2 Å². The van der Waals surface area contributed by atoms with Gasteiger partial charge >= 0.3 is 0 Å². The molecule has 2 atom stereocenters.